The molecule has 0 aromatic heterocycles. The largest absolute Gasteiger partial charge is 0.310 e. The fourth-order valence-corrected chi connectivity index (χ4v) is 3.34. The second kappa shape index (κ2) is 11.8. The van der Waals surface area contributed by atoms with E-state index in [-0.39, 0.29) is 0 Å². The van der Waals surface area contributed by atoms with E-state index in [1.54, 1.807) is 0 Å². The van der Waals surface area contributed by atoms with E-state index < -0.39 is 0 Å². The molecular weight excluding hydrogens is 276 g/mol. The van der Waals surface area contributed by atoms with E-state index in [1.807, 2.05) is 0 Å². The van der Waals surface area contributed by atoms with Crippen LogP contribution in [0.5, 0.6) is 0 Å². The third kappa shape index (κ3) is 13.0. The molecule has 4 heteroatoms. The smallest absolute Gasteiger partial charge is 0.133 e. The predicted molar refractivity (Wildman–Crippen MR) is 93.1 cm³/mol. The van der Waals surface area contributed by atoms with Gasteiger partial charge in [0.15, 0.2) is 0 Å². The lowest BCUT2D eigenvalue weighted by Crippen LogP contribution is -2.25. The van der Waals surface area contributed by atoms with Gasteiger partial charge in [0, 0.05) is 0 Å². The third-order valence-corrected chi connectivity index (χ3v) is 4.08. The van der Waals surface area contributed by atoms with Gasteiger partial charge in [-0.25, -0.2) is 0 Å². The molecule has 0 bridgehead atoms. The maximum Gasteiger partial charge on any atom is 0.133 e. The number of unbranched alkanes of at least 4 members (excludes halogenated alkanes) is 1. The molecule has 0 aliphatic carbocycles. The van der Waals surface area contributed by atoms with Gasteiger partial charge in [0.1, 0.15) is 12.6 Å². The van der Waals surface area contributed by atoms with Crippen molar-refractivity contribution < 1.29 is 9.59 Å². The fourth-order valence-electron chi connectivity index (χ4n) is 3.34. The minimum Gasteiger partial charge on any atom is -0.310 e. The van der Waals surface area contributed by atoms with Gasteiger partial charge in [-0.15, -0.1) is 0 Å². The number of carbonyl (C=O) groups is 2. The van der Waals surface area contributed by atoms with Gasteiger partial charge in [-0.2, -0.15) is 0 Å². The summed E-state index contributed by atoms with van der Waals surface area (Å²) in [5.41, 5.74) is 0.687. The highest BCUT2D eigenvalue weighted by Gasteiger charge is 2.27. The van der Waals surface area contributed by atoms with Crippen molar-refractivity contribution in [1.82, 2.24) is 10.6 Å². The second-order valence-electron chi connectivity index (χ2n) is 7.81. The zero-order chi connectivity index (χ0) is 16.9. The van der Waals surface area contributed by atoms with Crippen molar-refractivity contribution in [3.8, 4) is 0 Å². The van der Waals surface area contributed by atoms with Gasteiger partial charge in [-0.05, 0) is 56.0 Å². The summed E-state index contributed by atoms with van der Waals surface area (Å²) in [4.78, 5) is 20.5. The Morgan fingerprint density at radius 1 is 0.727 bits per heavy atom. The summed E-state index contributed by atoms with van der Waals surface area (Å²) in [6.45, 7) is 12.2. The zero-order valence-corrected chi connectivity index (χ0v) is 15.0. The minimum atomic E-state index is 0.335. The highest BCUT2D eigenvalue weighted by molar-refractivity contribution is 5.51. The molecule has 0 saturated carbocycles. The molecule has 0 atom stereocenters. The van der Waals surface area contributed by atoms with Crippen LogP contribution in [0.2, 0.25) is 0 Å². The van der Waals surface area contributed by atoms with Crippen molar-refractivity contribution in [3.63, 3.8) is 0 Å². The van der Waals surface area contributed by atoms with Gasteiger partial charge in [-0.3, -0.25) is 0 Å². The Balaban J connectivity index is 3.88. The van der Waals surface area contributed by atoms with Crippen LogP contribution in [0.3, 0.4) is 0 Å². The molecule has 0 unspecified atom stereocenters. The first-order valence-electron chi connectivity index (χ1n) is 8.62. The Morgan fingerprint density at radius 2 is 1.18 bits per heavy atom. The Morgan fingerprint density at radius 3 is 1.68 bits per heavy atom. The van der Waals surface area contributed by atoms with Crippen LogP contribution in [-0.4, -0.2) is 38.8 Å². The molecule has 0 heterocycles. The van der Waals surface area contributed by atoms with Crippen molar-refractivity contribution in [3.05, 3.63) is 0 Å². The Bertz CT molecular complexity index is 301. The summed E-state index contributed by atoms with van der Waals surface area (Å²) in [5, 5.41) is 6.24. The van der Waals surface area contributed by atoms with Crippen LogP contribution >= 0.6 is 0 Å². The van der Waals surface area contributed by atoms with Gasteiger partial charge in [0.25, 0.3) is 0 Å². The molecule has 0 aromatic carbocycles. The number of hydrogen-bond donors (Lipinski definition) is 2. The number of rotatable bonds is 15. The normalized spacial score (nSPS) is 12.4. The monoisotopic (exact) mass is 312 g/mol. The lowest BCUT2D eigenvalue weighted by Gasteiger charge is -2.35. The van der Waals surface area contributed by atoms with Crippen molar-refractivity contribution in [2.45, 2.75) is 66.2 Å². The highest BCUT2D eigenvalue weighted by atomic mass is 16.1. The lowest BCUT2D eigenvalue weighted by atomic mass is 9.71. The van der Waals surface area contributed by atoms with E-state index in [4.69, 9.17) is 0 Å². The van der Waals surface area contributed by atoms with Gasteiger partial charge in [0.05, 0.1) is 13.1 Å². The third-order valence-electron chi connectivity index (χ3n) is 4.08. The Hall–Kier alpha value is -0.740. The van der Waals surface area contributed by atoms with Crippen LogP contribution in [0.15, 0.2) is 0 Å². The van der Waals surface area contributed by atoms with Crippen LogP contribution in [0.25, 0.3) is 0 Å². The molecule has 0 spiro atoms. The molecule has 0 aliphatic heterocycles. The van der Waals surface area contributed by atoms with Gasteiger partial charge in [0.2, 0.25) is 0 Å². The summed E-state index contributed by atoms with van der Waals surface area (Å²) in [6, 6.07) is 0. The molecule has 0 saturated heterocycles. The highest BCUT2D eigenvalue weighted by Crippen LogP contribution is 2.39. The molecule has 22 heavy (non-hydrogen) atoms. The summed E-state index contributed by atoms with van der Waals surface area (Å²) in [7, 11) is 0. The molecular formula is C18H36N2O2. The number of hydrogen-bond acceptors (Lipinski definition) is 4. The van der Waals surface area contributed by atoms with Crippen LogP contribution in [-0.2, 0) is 9.59 Å². The molecule has 0 aromatic rings. The van der Waals surface area contributed by atoms with Crippen molar-refractivity contribution in [1.29, 1.82) is 0 Å². The minimum absolute atomic E-state index is 0.335. The van der Waals surface area contributed by atoms with E-state index in [1.165, 1.54) is 25.7 Å². The second-order valence-corrected chi connectivity index (χ2v) is 7.81. The van der Waals surface area contributed by atoms with Gasteiger partial charge < -0.3 is 20.2 Å². The molecule has 4 nitrogen and oxygen atoms in total. The maximum absolute atomic E-state index is 10.3. The van der Waals surface area contributed by atoms with Crippen molar-refractivity contribution in [2.24, 2.45) is 10.8 Å². The summed E-state index contributed by atoms with van der Waals surface area (Å²) in [5.74, 6) is 0. The number of aldehydes is 2. The number of nitrogens with one attached hydrogen (secondary N) is 2. The van der Waals surface area contributed by atoms with E-state index in [2.05, 4.69) is 38.3 Å². The standard InChI is InChI=1S/C18H36N2O2/c1-17(2,8-5-6-10-19-12-14-21)16-18(3,4)9-7-11-20-13-15-22/h14-15,19-20H,5-13,16H2,1-4H3. The summed E-state index contributed by atoms with van der Waals surface area (Å²) < 4.78 is 0. The first-order valence-corrected chi connectivity index (χ1v) is 8.62. The van der Waals surface area contributed by atoms with E-state index >= 15 is 0 Å². The van der Waals surface area contributed by atoms with Crippen LogP contribution in [0.1, 0.15) is 66.2 Å². The summed E-state index contributed by atoms with van der Waals surface area (Å²) >= 11 is 0. The molecule has 0 amide bonds. The SMILES string of the molecule is CC(C)(CCCCNCC=O)CC(C)(C)CCCNCC=O. The molecule has 0 radical (unpaired) electrons. The molecule has 130 valence electrons. The van der Waals surface area contributed by atoms with Crippen LogP contribution in [0.4, 0.5) is 0 Å². The topological polar surface area (TPSA) is 58.2 Å². The number of carbonyl (C=O) groups excluding carboxylic acids is 2. The molecule has 0 aliphatic rings. The molecule has 2 N–H and O–H groups in total. The zero-order valence-electron chi connectivity index (χ0n) is 15.0. The quantitative estimate of drug-likeness (QED) is 0.360. The lowest BCUT2D eigenvalue weighted by molar-refractivity contribution is -0.107. The molecule has 0 fully saturated rings. The molecule has 0 rings (SSSR count). The van der Waals surface area contributed by atoms with Crippen molar-refractivity contribution in [2.75, 3.05) is 26.2 Å². The van der Waals surface area contributed by atoms with Crippen LogP contribution in [0, 0.1) is 10.8 Å². The van der Waals surface area contributed by atoms with E-state index in [0.717, 1.165) is 38.5 Å². The van der Waals surface area contributed by atoms with Gasteiger partial charge in [-0.1, -0.05) is 34.1 Å². The average molecular weight is 312 g/mol. The van der Waals surface area contributed by atoms with Gasteiger partial charge >= 0.3 is 0 Å². The average Bonchev–Trinajstić information content (AvgIpc) is 2.41. The summed E-state index contributed by atoms with van der Waals surface area (Å²) in [6.07, 6.45) is 8.91. The maximum atomic E-state index is 10.3. The first-order chi connectivity index (χ1) is 10.3. The fraction of sp³-hybridized carbons (Fsp3) is 0.889. The van der Waals surface area contributed by atoms with Crippen molar-refractivity contribution >= 4 is 12.6 Å². The van der Waals surface area contributed by atoms with Crippen LogP contribution < -0.4 is 10.6 Å². The Labute approximate surface area is 136 Å². The first kappa shape index (κ1) is 21.3. The Kier molecular flexibility index (Phi) is 11.4. The predicted octanol–water partition coefficient (Wildman–Crippen LogP) is 2.96. The van der Waals surface area contributed by atoms with E-state index in [0.29, 0.717) is 23.9 Å². The van der Waals surface area contributed by atoms with E-state index in [9.17, 15) is 9.59 Å².